The molecule has 2 aromatic carbocycles. The summed E-state index contributed by atoms with van der Waals surface area (Å²) in [6, 6.07) is 11.5. The van der Waals surface area contributed by atoms with Gasteiger partial charge in [0.15, 0.2) is 0 Å². The molecule has 0 aliphatic heterocycles. The van der Waals surface area contributed by atoms with Gasteiger partial charge in [-0.2, -0.15) is 0 Å². The van der Waals surface area contributed by atoms with Crippen LogP contribution in [-0.4, -0.2) is 28.0 Å². The van der Waals surface area contributed by atoms with E-state index in [0.29, 0.717) is 18.0 Å². The molecule has 0 saturated carbocycles. The molecule has 0 spiro atoms. The Morgan fingerprint density at radius 2 is 1.92 bits per heavy atom. The number of amides is 1. The molecule has 0 fully saturated rings. The van der Waals surface area contributed by atoms with Crippen LogP contribution in [0.15, 0.2) is 47.4 Å². The number of hydrogen-bond acceptors (Lipinski definition) is 4. The summed E-state index contributed by atoms with van der Waals surface area (Å²) in [4.78, 5) is 12.3. The van der Waals surface area contributed by atoms with Crippen molar-refractivity contribution in [3.8, 4) is 5.75 Å². The van der Waals surface area contributed by atoms with Crippen molar-refractivity contribution in [3.05, 3.63) is 58.6 Å². The van der Waals surface area contributed by atoms with Crippen molar-refractivity contribution in [3.63, 3.8) is 0 Å². The van der Waals surface area contributed by atoms with Crippen molar-refractivity contribution >= 4 is 27.5 Å². The molecule has 0 radical (unpaired) electrons. The number of halogens is 1. The van der Waals surface area contributed by atoms with Gasteiger partial charge in [-0.3, -0.25) is 4.79 Å². The number of sulfonamides is 1. The standard InChI is InChI=1S/C18H21ClN2O4S/c1-3-10-21-26(23,24)17-11-13(8-9-16(17)25-2)18(22)20-12-14-6-4-5-7-15(14)19/h4-9,11,21H,3,10,12H2,1-2H3,(H,20,22). The van der Waals surface area contributed by atoms with E-state index in [9.17, 15) is 13.2 Å². The summed E-state index contributed by atoms with van der Waals surface area (Å²) in [7, 11) is -2.39. The minimum atomic E-state index is -3.77. The van der Waals surface area contributed by atoms with Gasteiger partial charge in [0.2, 0.25) is 10.0 Å². The molecule has 6 nitrogen and oxygen atoms in total. The Kier molecular flexibility index (Phi) is 7.02. The van der Waals surface area contributed by atoms with E-state index in [2.05, 4.69) is 10.0 Å². The lowest BCUT2D eigenvalue weighted by Crippen LogP contribution is -2.26. The van der Waals surface area contributed by atoms with E-state index in [4.69, 9.17) is 16.3 Å². The van der Waals surface area contributed by atoms with E-state index in [-0.39, 0.29) is 22.8 Å². The van der Waals surface area contributed by atoms with E-state index in [1.807, 2.05) is 13.0 Å². The minimum absolute atomic E-state index is 0.0705. The Bertz CT molecular complexity index is 885. The molecule has 2 aromatic rings. The van der Waals surface area contributed by atoms with Crippen molar-refractivity contribution < 1.29 is 17.9 Å². The maximum atomic E-state index is 12.4. The van der Waals surface area contributed by atoms with Crippen LogP contribution in [0.1, 0.15) is 29.3 Å². The predicted octanol–water partition coefficient (Wildman–Crippen LogP) is 2.97. The molecule has 0 unspecified atom stereocenters. The number of ether oxygens (including phenoxy) is 1. The van der Waals surface area contributed by atoms with Crippen molar-refractivity contribution in [2.75, 3.05) is 13.7 Å². The monoisotopic (exact) mass is 396 g/mol. The van der Waals surface area contributed by atoms with Gasteiger partial charge in [-0.15, -0.1) is 0 Å². The van der Waals surface area contributed by atoms with Gasteiger partial charge >= 0.3 is 0 Å². The minimum Gasteiger partial charge on any atom is -0.495 e. The number of nitrogens with one attached hydrogen (secondary N) is 2. The topological polar surface area (TPSA) is 84.5 Å². The summed E-state index contributed by atoms with van der Waals surface area (Å²) in [6.07, 6.45) is 0.652. The van der Waals surface area contributed by atoms with Crippen molar-refractivity contribution in [2.45, 2.75) is 24.8 Å². The van der Waals surface area contributed by atoms with Gasteiger partial charge in [0, 0.05) is 23.7 Å². The average Bonchev–Trinajstić information content (AvgIpc) is 2.65. The van der Waals surface area contributed by atoms with E-state index >= 15 is 0 Å². The number of benzene rings is 2. The van der Waals surface area contributed by atoms with Crippen LogP contribution >= 0.6 is 11.6 Å². The fourth-order valence-electron chi connectivity index (χ4n) is 2.26. The summed E-state index contributed by atoms with van der Waals surface area (Å²) in [5, 5.41) is 3.29. The highest BCUT2D eigenvalue weighted by molar-refractivity contribution is 7.89. The molecule has 8 heteroatoms. The van der Waals surface area contributed by atoms with Crippen molar-refractivity contribution in [1.29, 1.82) is 0 Å². The second kappa shape index (κ2) is 9.02. The van der Waals surface area contributed by atoms with Gasteiger partial charge in [0.1, 0.15) is 10.6 Å². The lowest BCUT2D eigenvalue weighted by Gasteiger charge is -2.12. The number of carbonyl (C=O) groups is 1. The second-order valence-electron chi connectivity index (χ2n) is 5.54. The zero-order valence-corrected chi connectivity index (χ0v) is 16.2. The average molecular weight is 397 g/mol. The highest BCUT2D eigenvalue weighted by Gasteiger charge is 2.21. The van der Waals surface area contributed by atoms with Crippen molar-refractivity contribution in [2.24, 2.45) is 0 Å². The van der Waals surface area contributed by atoms with Gasteiger partial charge in [0.25, 0.3) is 5.91 Å². The third kappa shape index (κ3) is 4.97. The molecule has 0 heterocycles. The maximum Gasteiger partial charge on any atom is 0.251 e. The van der Waals surface area contributed by atoms with Gasteiger partial charge < -0.3 is 10.1 Å². The zero-order chi connectivity index (χ0) is 19.2. The first-order valence-electron chi connectivity index (χ1n) is 8.08. The van der Waals surface area contributed by atoms with Gasteiger partial charge in [-0.05, 0) is 36.2 Å². The van der Waals surface area contributed by atoms with Crippen LogP contribution < -0.4 is 14.8 Å². The fraction of sp³-hybridized carbons (Fsp3) is 0.278. The Labute approximate surface area is 158 Å². The van der Waals surface area contributed by atoms with Crippen LogP contribution in [0.5, 0.6) is 5.75 Å². The number of methoxy groups -OCH3 is 1. The van der Waals surface area contributed by atoms with Crippen LogP contribution in [0.25, 0.3) is 0 Å². The first-order valence-corrected chi connectivity index (χ1v) is 9.94. The van der Waals surface area contributed by atoms with E-state index < -0.39 is 15.9 Å². The van der Waals surface area contributed by atoms with E-state index in [0.717, 1.165) is 5.56 Å². The summed E-state index contributed by atoms with van der Waals surface area (Å²) in [5.41, 5.74) is 0.989. The molecule has 140 valence electrons. The Hall–Kier alpha value is -2.09. The molecule has 0 saturated heterocycles. The van der Waals surface area contributed by atoms with Gasteiger partial charge in [0.05, 0.1) is 7.11 Å². The Balaban J connectivity index is 2.23. The SMILES string of the molecule is CCCNS(=O)(=O)c1cc(C(=O)NCc2ccccc2Cl)ccc1OC. The molecular formula is C18H21ClN2O4S. The Morgan fingerprint density at radius 1 is 1.19 bits per heavy atom. The van der Waals surface area contributed by atoms with Crippen LogP contribution in [0, 0.1) is 0 Å². The van der Waals surface area contributed by atoms with Crippen LogP contribution in [0.4, 0.5) is 0 Å². The maximum absolute atomic E-state index is 12.4. The normalized spacial score (nSPS) is 11.2. The molecule has 2 N–H and O–H groups in total. The first kappa shape index (κ1) is 20.2. The summed E-state index contributed by atoms with van der Waals surface area (Å²) in [6.45, 7) is 2.40. The lowest BCUT2D eigenvalue weighted by atomic mass is 10.2. The highest BCUT2D eigenvalue weighted by atomic mass is 35.5. The second-order valence-corrected chi connectivity index (χ2v) is 7.68. The molecule has 0 bridgehead atoms. The zero-order valence-electron chi connectivity index (χ0n) is 14.6. The third-order valence-electron chi connectivity index (χ3n) is 3.65. The summed E-state index contributed by atoms with van der Waals surface area (Å²) < 4.78 is 32.5. The third-order valence-corrected chi connectivity index (χ3v) is 5.51. The van der Waals surface area contributed by atoms with Gasteiger partial charge in [-0.1, -0.05) is 36.7 Å². The summed E-state index contributed by atoms with van der Waals surface area (Å²) in [5.74, 6) is -0.226. The smallest absolute Gasteiger partial charge is 0.251 e. The number of carbonyl (C=O) groups excluding carboxylic acids is 1. The first-order chi connectivity index (χ1) is 12.4. The van der Waals surface area contributed by atoms with Crippen LogP contribution in [0.3, 0.4) is 0 Å². The van der Waals surface area contributed by atoms with Crippen LogP contribution in [0.2, 0.25) is 5.02 Å². The van der Waals surface area contributed by atoms with Crippen molar-refractivity contribution in [1.82, 2.24) is 10.0 Å². The molecule has 1 amide bonds. The largest absolute Gasteiger partial charge is 0.495 e. The molecule has 0 aliphatic carbocycles. The van der Waals surface area contributed by atoms with Crippen LogP contribution in [-0.2, 0) is 16.6 Å². The number of hydrogen-bond donors (Lipinski definition) is 2. The Morgan fingerprint density at radius 3 is 2.58 bits per heavy atom. The fourth-order valence-corrected chi connectivity index (χ4v) is 3.79. The number of rotatable bonds is 8. The van der Waals surface area contributed by atoms with Gasteiger partial charge in [-0.25, -0.2) is 13.1 Å². The lowest BCUT2D eigenvalue weighted by molar-refractivity contribution is 0.0950. The van der Waals surface area contributed by atoms with E-state index in [1.54, 1.807) is 18.2 Å². The molecular weight excluding hydrogens is 376 g/mol. The molecule has 0 aliphatic rings. The predicted molar refractivity (Wildman–Crippen MR) is 101 cm³/mol. The molecule has 26 heavy (non-hydrogen) atoms. The highest BCUT2D eigenvalue weighted by Crippen LogP contribution is 2.25. The summed E-state index contributed by atoms with van der Waals surface area (Å²) >= 11 is 6.07. The molecule has 0 atom stereocenters. The molecule has 0 aromatic heterocycles. The van der Waals surface area contributed by atoms with E-state index in [1.165, 1.54) is 25.3 Å². The molecule has 2 rings (SSSR count). The quantitative estimate of drug-likeness (QED) is 0.718.